The Morgan fingerprint density at radius 2 is 1.63 bits per heavy atom. The van der Waals surface area contributed by atoms with Crippen LogP contribution in [0.4, 0.5) is 21.6 Å². The van der Waals surface area contributed by atoms with E-state index in [1.807, 2.05) is 0 Å². The van der Waals surface area contributed by atoms with Gasteiger partial charge in [-0.3, -0.25) is 9.59 Å². The number of allylic oxidation sites excluding steroid dienone is 1. The molecule has 2 amide bonds. The third kappa shape index (κ3) is 5.29. The second kappa shape index (κ2) is 11.4. The van der Waals surface area contributed by atoms with E-state index in [-0.39, 0.29) is 5.56 Å². The summed E-state index contributed by atoms with van der Waals surface area (Å²) in [5.74, 6) is 0.617. The van der Waals surface area contributed by atoms with E-state index in [0.717, 1.165) is 0 Å². The Hall–Kier alpha value is -5.32. The number of rotatable bonds is 8. The number of nitrogens with one attached hydrogen (secondary N) is 3. The zero-order valence-corrected chi connectivity index (χ0v) is 22.8. The number of carbonyl (C=O) groups is 2. The number of halogens is 1. The molecule has 41 heavy (non-hydrogen) atoms. The summed E-state index contributed by atoms with van der Waals surface area (Å²) in [7, 11) is 4.60. The first-order valence-electron chi connectivity index (χ1n) is 12.6. The normalized spacial score (nSPS) is 14.0. The molecule has 2 heterocycles. The van der Waals surface area contributed by atoms with Crippen molar-refractivity contribution in [1.82, 2.24) is 9.78 Å². The van der Waals surface area contributed by atoms with E-state index in [0.29, 0.717) is 51.3 Å². The summed E-state index contributed by atoms with van der Waals surface area (Å²) in [5.41, 5.74) is 2.56. The molecule has 3 N–H and O–H groups in total. The monoisotopic (exact) mass is 557 g/mol. The Kier molecular flexibility index (Phi) is 7.59. The highest BCUT2D eigenvalue weighted by atomic mass is 19.1. The van der Waals surface area contributed by atoms with Gasteiger partial charge in [0.05, 0.1) is 38.8 Å². The van der Waals surface area contributed by atoms with Gasteiger partial charge in [0.15, 0.2) is 0 Å². The summed E-state index contributed by atoms with van der Waals surface area (Å²) in [6.45, 7) is 1.74. The van der Waals surface area contributed by atoms with Gasteiger partial charge in [-0.05, 0) is 61.5 Å². The number of ether oxygens (including phenoxy) is 3. The summed E-state index contributed by atoms with van der Waals surface area (Å²) in [5, 5.41) is 13.4. The molecular weight excluding hydrogens is 529 g/mol. The van der Waals surface area contributed by atoms with Crippen molar-refractivity contribution in [3.8, 4) is 17.2 Å². The van der Waals surface area contributed by atoms with Gasteiger partial charge in [0, 0.05) is 16.9 Å². The molecule has 1 atom stereocenters. The molecule has 0 bridgehead atoms. The Balaban J connectivity index is 1.60. The molecule has 0 saturated heterocycles. The number of fused-ring (bicyclic) bond motifs is 1. The Bertz CT molecular complexity index is 1650. The number of hydrogen-bond donors (Lipinski definition) is 3. The molecule has 1 aromatic heterocycles. The summed E-state index contributed by atoms with van der Waals surface area (Å²) < 4.78 is 31.5. The van der Waals surface area contributed by atoms with Gasteiger partial charge in [-0.2, -0.15) is 5.10 Å². The molecule has 0 fully saturated rings. The fourth-order valence-corrected chi connectivity index (χ4v) is 4.73. The highest BCUT2D eigenvalue weighted by Crippen LogP contribution is 2.42. The maximum Gasteiger partial charge on any atom is 0.261 e. The first-order valence-corrected chi connectivity index (χ1v) is 12.6. The molecule has 0 saturated carbocycles. The second-order valence-electron chi connectivity index (χ2n) is 9.14. The average molecular weight is 558 g/mol. The van der Waals surface area contributed by atoms with E-state index in [9.17, 15) is 14.0 Å². The van der Waals surface area contributed by atoms with E-state index < -0.39 is 23.7 Å². The minimum Gasteiger partial charge on any atom is -0.497 e. The summed E-state index contributed by atoms with van der Waals surface area (Å²) in [4.78, 5) is 27.2. The number of aromatic nitrogens is 2. The van der Waals surface area contributed by atoms with E-state index >= 15 is 0 Å². The lowest BCUT2D eigenvalue weighted by Gasteiger charge is -2.31. The molecule has 1 aliphatic rings. The Morgan fingerprint density at radius 3 is 2.34 bits per heavy atom. The largest absolute Gasteiger partial charge is 0.497 e. The predicted molar refractivity (Wildman–Crippen MR) is 152 cm³/mol. The molecule has 10 nitrogen and oxygen atoms in total. The molecule has 3 aromatic carbocycles. The lowest BCUT2D eigenvalue weighted by atomic mass is 9.93. The molecular formula is C30H28FN5O5. The molecule has 0 spiro atoms. The van der Waals surface area contributed by atoms with Crippen LogP contribution >= 0.6 is 0 Å². The summed E-state index contributed by atoms with van der Waals surface area (Å²) >= 11 is 0. The third-order valence-corrected chi connectivity index (χ3v) is 6.70. The van der Waals surface area contributed by atoms with Crippen LogP contribution < -0.4 is 30.2 Å². The number of carbonyl (C=O) groups excluding carboxylic acids is 2. The molecule has 0 aliphatic carbocycles. The van der Waals surface area contributed by atoms with Gasteiger partial charge in [0.2, 0.25) is 0 Å². The third-order valence-electron chi connectivity index (χ3n) is 6.70. The van der Waals surface area contributed by atoms with Crippen LogP contribution in [0.3, 0.4) is 0 Å². The quantitative estimate of drug-likeness (QED) is 0.272. The van der Waals surface area contributed by atoms with Crippen molar-refractivity contribution in [3.63, 3.8) is 0 Å². The van der Waals surface area contributed by atoms with Crippen LogP contribution in [0, 0.1) is 5.82 Å². The van der Waals surface area contributed by atoms with E-state index in [1.165, 1.54) is 44.7 Å². The zero-order chi connectivity index (χ0) is 29.1. The lowest BCUT2D eigenvalue weighted by Crippen LogP contribution is -2.32. The van der Waals surface area contributed by atoms with Gasteiger partial charge >= 0.3 is 0 Å². The second-order valence-corrected chi connectivity index (χ2v) is 9.14. The van der Waals surface area contributed by atoms with Crippen molar-refractivity contribution in [2.45, 2.75) is 13.0 Å². The van der Waals surface area contributed by atoms with Crippen molar-refractivity contribution < 1.29 is 28.2 Å². The smallest absolute Gasteiger partial charge is 0.261 e. The first kappa shape index (κ1) is 27.3. The van der Waals surface area contributed by atoms with E-state index in [2.05, 4.69) is 21.0 Å². The number of para-hydroxylation sites is 2. The topological polar surface area (TPSA) is 116 Å². The number of amides is 2. The number of nitrogens with zero attached hydrogens (tertiary/aromatic N) is 2. The molecule has 0 radical (unpaired) electrons. The van der Waals surface area contributed by atoms with Gasteiger partial charge in [-0.1, -0.05) is 12.1 Å². The lowest BCUT2D eigenvalue weighted by molar-refractivity contribution is -0.113. The zero-order valence-electron chi connectivity index (χ0n) is 22.8. The average Bonchev–Trinajstić information content (AvgIpc) is 3.41. The van der Waals surface area contributed by atoms with Crippen molar-refractivity contribution in [1.29, 1.82) is 0 Å². The van der Waals surface area contributed by atoms with Gasteiger partial charge in [-0.15, -0.1) is 0 Å². The molecule has 4 aromatic rings. The van der Waals surface area contributed by atoms with E-state index in [1.54, 1.807) is 61.2 Å². The fraction of sp³-hybridized carbons (Fsp3) is 0.167. The molecule has 1 aliphatic heterocycles. The van der Waals surface area contributed by atoms with Crippen molar-refractivity contribution >= 4 is 29.0 Å². The van der Waals surface area contributed by atoms with Gasteiger partial charge < -0.3 is 30.2 Å². The maximum atomic E-state index is 13.9. The van der Waals surface area contributed by atoms with Crippen LogP contribution in [0.25, 0.3) is 0 Å². The molecule has 11 heteroatoms. The SMILES string of the molecule is COc1ccc(OC)c(C2C(C(=O)Nc3ccccc3OC)=C(C)Nc3c(C(=O)Nc4ccc(F)cc4)cnn32)c1. The van der Waals surface area contributed by atoms with Crippen LogP contribution in [0.1, 0.15) is 28.9 Å². The van der Waals surface area contributed by atoms with Crippen molar-refractivity contribution in [2.75, 3.05) is 37.3 Å². The number of anilines is 3. The van der Waals surface area contributed by atoms with Crippen LogP contribution in [-0.4, -0.2) is 42.9 Å². The van der Waals surface area contributed by atoms with Crippen molar-refractivity contribution in [3.05, 3.63) is 101 Å². The van der Waals surface area contributed by atoms with Gasteiger partial charge in [-0.25, -0.2) is 9.07 Å². The fourth-order valence-electron chi connectivity index (χ4n) is 4.73. The molecule has 210 valence electrons. The van der Waals surface area contributed by atoms with Crippen LogP contribution in [0.5, 0.6) is 17.2 Å². The number of methoxy groups -OCH3 is 3. The highest BCUT2D eigenvalue weighted by molar-refractivity contribution is 6.10. The molecule has 1 unspecified atom stereocenters. The number of hydrogen-bond acceptors (Lipinski definition) is 7. The minimum absolute atomic E-state index is 0.227. The minimum atomic E-state index is -0.807. The number of benzene rings is 3. The predicted octanol–water partition coefficient (Wildman–Crippen LogP) is 5.23. The summed E-state index contributed by atoms with van der Waals surface area (Å²) in [6, 6.07) is 17.0. The standard InChI is InChI=1S/C30H28FN5O5/c1-17-26(30(38)35-23-7-5-6-8-25(23)41-4)27(21-15-20(39-2)13-14-24(21)40-3)36-28(33-17)22(16-32-36)29(37)34-19-11-9-18(31)10-12-19/h5-16,27,33H,1-4H3,(H,34,37)(H,35,38). The Morgan fingerprint density at radius 1 is 0.902 bits per heavy atom. The van der Waals surface area contributed by atoms with E-state index in [4.69, 9.17) is 14.2 Å². The van der Waals surface area contributed by atoms with Crippen molar-refractivity contribution in [2.24, 2.45) is 0 Å². The highest BCUT2D eigenvalue weighted by Gasteiger charge is 2.37. The first-order chi connectivity index (χ1) is 19.8. The summed E-state index contributed by atoms with van der Waals surface area (Å²) in [6.07, 6.45) is 1.41. The van der Waals surface area contributed by atoms with Crippen LogP contribution in [0.15, 0.2) is 84.2 Å². The molecule has 5 rings (SSSR count). The van der Waals surface area contributed by atoms with Gasteiger partial charge in [0.25, 0.3) is 11.8 Å². The maximum absolute atomic E-state index is 13.9. The van der Waals surface area contributed by atoms with Crippen LogP contribution in [0.2, 0.25) is 0 Å². The van der Waals surface area contributed by atoms with Gasteiger partial charge in [0.1, 0.15) is 40.5 Å². The Labute approximate surface area is 235 Å². The van der Waals surface area contributed by atoms with Crippen LogP contribution in [-0.2, 0) is 4.79 Å².